The van der Waals surface area contributed by atoms with Crippen LogP contribution in [0.25, 0.3) is 22.5 Å². The number of nitrogens with zero attached hydrogens (tertiary/aromatic N) is 7. The van der Waals surface area contributed by atoms with Crippen molar-refractivity contribution in [3.8, 4) is 28.3 Å². The van der Waals surface area contributed by atoms with Crippen LogP contribution in [-0.4, -0.2) is 92.0 Å². The number of ether oxygens (including phenoxy) is 2. The van der Waals surface area contributed by atoms with E-state index in [1.165, 1.54) is 19.6 Å². The van der Waals surface area contributed by atoms with E-state index in [0.29, 0.717) is 17.4 Å². The van der Waals surface area contributed by atoms with Crippen LogP contribution in [0.5, 0.6) is 5.75 Å². The summed E-state index contributed by atoms with van der Waals surface area (Å²) in [6.07, 6.45) is 8.96. The molecule has 0 saturated carbocycles. The Balaban J connectivity index is 1.28. The number of anilines is 4. The minimum absolute atomic E-state index is 0.220. The van der Waals surface area contributed by atoms with Gasteiger partial charge in [-0.1, -0.05) is 6.07 Å². The summed E-state index contributed by atoms with van der Waals surface area (Å²) >= 11 is 0. The van der Waals surface area contributed by atoms with E-state index in [2.05, 4.69) is 62.3 Å². The van der Waals surface area contributed by atoms with E-state index in [-0.39, 0.29) is 11.4 Å². The molecule has 0 bridgehead atoms. The molecule has 2 aliphatic heterocycles. The van der Waals surface area contributed by atoms with Gasteiger partial charge in [-0.2, -0.15) is 0 Å². The molecule has 0 amide bonds. The van der Waals surface area contributed by atoms with Crippen molar-refractivity contribution in [3.63, 3.8) is 0 Å². The van der Waals surface area contributed by atoms with Crippen LogP contribution in [-0.2, 0) is 4.74 Å². The highest BCUT2D eigenvalue weighted by atomic mass is 19.1. The lowest BCUT2D eigenvalue weighted by atomic mass is 9.92. The first kappa shape index (κ1) is 30.7. The van der Waals surface area contributed by atoms with Crippen LogP contribution in [0.2, 0.25) is 0 Å². The topological polar surface area (TPSA) is 91.8 Å². The average molecular weight is 613 g/mol. The van der Waals surface area contributed by atoms with Crippen LogP contribution in [0.1, 0.15) is 19.3 Å². The standard InChI is InChI=1S/C34H41FN8O2/c1-41(2)14-10-24-11-15-42(16-12-24)28-21-31(37-23-26(28)25-7-8-32(38-22-25)43-17-19-45-20-18-43)39-30-9-13-36-34(40-30)33-27(35)5-4-6-29(33)44-3/h4-9,13,21-24H,10-12,14-20H2,1-3H3,(H,36,37,39,40). The first-order chi connectivity index (χ1) is 22.0. The van der Waals surface area contributed by atoms with Gasteiger partial charge in [0.25, 0.3) is 0 Å². The number of benzene rings is 1. The molecule has 2 fully saturated rings. The summed E-state index contributed by atoms with van der Waals surface area (Å²) in [5, 5.41) is 3.33. The number of hydrogen-bond donors (Lipinski definition) is 1. The van der Waals surface area contributed by atoms with E-state index in [9.17, 15) is 4.39 Å². The maximum Gasteiger partial charge on any atom is 0.168 e. The Hall–Kier alpha value is -4.35. The molecule has 3 aromatic heterocycles. The molecule has 10 nitrogen and oxygen atoms in total. The summed E-state index contributed by atoms with van der Waals surface area (Å²) in [6, 6.07) is 12.7. The lowest BCUT2D eigenvalue weighted by molar-refractivity contribution is 0.122. The molecular weight excluding hydrogens is 571 g/mol. The number of morpholine rings is 1. The van der Waals surface area contributed by atoms with Gasteiger partial charge in [0.05, 0.1) is 25.9 Å². The SMILES string of the molecule is COc1cccc(F)c1-c1nccc(Nc2cc(N3CCC(CCN(C)C)CC3)c(-c3ccc(N4CCOCC4)nc3)cn2)n1. The first-order valence-corrected chi connectivity index (χ1v) is 15.6. The number of hydrogen-bond acceptors (Lipinski definition) is 10. The summed E-state index contributed by atoms with van der Waals surface area (Å²) in [7, 11) is 5.78. The molecule has 0 radical (unpaired) electrons. The van der Waals surface area contributed by atoms with Crippen molar-refractivity contribution in [3.05, 3.63) is 66.9 Å². The molecule has 11 heteroatoms. The highest BCUT2D eigenvalue weighted by Crippen LogP contribution is 2.36. The molecule has 2 saturated heterocycles. The predicted molar refractivity (Wildman–Crippen MR) is 176 cm³/mol. The Morgan fingerprint density at radius 2 is 1.78 bits per heavy atom. The van der Waals surface area contributed by atoms with Crippen molar-refractivity contribution in [2.24, 2.45) is 5.92 Å². The molecule has 45 heavy (non-hydrogen) atoms. The number of rotatable bonds is 10. The van der Waals surface area contributed by atoms with Gasteiger partial charge in [0.2, 0.25) is 0 Å². The zero-order valence-corrected chi connectivity index (χ0v) is 26.2. The lowest BCUT2D eigenvalue weighted by Gasteiger charge is -2.35. The normalized spacial score (nSPS) is 15.8. The molecule has 6 rings (SSSR count). The first-order valence-electron chi connectivity index (χ1n) is 15.6. The third-order valence-electron chi connectivity index (χ3n) is 8.55. The van der Waals surface area contributed by atoms with Crippen molar-refractivity contribution < 1.29 is 13.9 Å². The van der Waals surface area contributed by atoms with Crippen LogP contribution in [0.3, 0.4) is 0 Å². The van der Waals surface area contributed by atoms with Crippen molar-refractivity contribution >= 4 is 23.1 Å². The number of pyridine rings is 2. The molecule has 1 aromatic carbocycles. The Morgan fingerprint density at radius 1 is 0.956 bits per heavy atom. The van der Waals surface area contributed by atoms with Gasteiger partial charge in [-0.25, -0.2) is 24.3 Å². The second-order valence-corrected chi connectivity index (χ2v) is 11.8. The van der Waals surface area contributed by atoms with Gasteiger partial charge in [-0.3, -0.25) is 0 Å². The monoisotopic (exact) mass is 612 g/mol. The summed E-state index contributed by atoms with van der Waals surface area (Å²) in [4.78, 5) is 25.5. The van der Waals surface area contributed by atoms with Crippen LogP contribution >= 0.6 is 0 Å². The quantitative estimate of drug-likeness (QED) is 0.248. The minimum Gasteiger partial charge on any atom is -0.496 e. The molecule has 2 aliphatic rings. The Bertz CT molecular complexity index is 1570. The predicted octanol–water partition coefficient (Wildman–Crippen LogP) is 5.50. The molecule has 5 heterocycles. The average Bonchev–Trinajstić information content (AvgIpc) is 3.08. The maximum atomic E-state index is 14.8. The van der Waals surface area contributed by atoms with Gasteiger partial charge in [0.1, 0.15) is 29.0 Å². The Labute approximate surface area is 264 Å². The van der Waals surface area contributed by atoms with Gasteiger partial charge in [-0.15, -0.1) is 0 Å². The molecule has 0 unspecified atom stereocenters. The molecule has 0 spiro atoms. The van der Waals surface area contributed by atoms with Gasteiger partial charge < -0.3 is 29.5 Å². The van der Waals surface area contributed by atoms with E-state index in [1.54, 1.807) is 24.4 Å². The van der Waals surface area contributed by atoms with E-state index >= 15 is 0 Å². The fraction of sp³-hybridized carbons (Fsp3) is 0.412. The lowest BCUT2D eigenvalue weighted by Crippen LogP contribution is -2.36. The van der Waals surface area contributed by atoms with Crippen LogP contribution in [0, 0.1) is 11.7 Å². The minimum atomic E-state index is -0.446. The third-order valence-corrected chi connectivity index (χ3v) is 8.55. The number of nitrogens with one attached hydrogen (secondary N) is 1. The maximum absolute atomic E-state index is 14.8. The molecule has 0 aliphatic carbocycles. The van der Waals surface area contributed by atoms with Crippen LogP contribution < -0.4 is 19.9 Å². The summed E-state index contributed by atoms with van der Waals surface area (Å²) in [5.74, 6) is 3.00. The summed E-state index contributed by atoms with van der Waals surface area (Å²) in [5.41, 5.74) is 3.38. The van der Waals surface area contributed by atoms with E-state index in [1.807, 2.05) is 12.4 Å². The largest absolute Gasteiger partial charge is 0.496 e. The molecule has 236 valence electrons. The van der Waals surface area contributed by atoms with Gasteiger partial charge in [0, 0.05) is 67.7 Å². The summed E-state index contributed by atoms with van der Waals surface area (Å²) in [6.45, 7) is 6.18. The zero-order chi connectivity index (χ0) is 31.2. The highest BCUT2D eigenvalue weighted by molar-refractivity contribution is 5.80. The summed E-state index contributed by atoms with van der Waals surface area (Å²) < 4.78 is 25.7. The third kappa shape index (κ3) is 7.32. The van der Waals surface area contributed by atoms with Crippen molar-refractivity contribution in [1.82, 2.24) is 24.8 Å². The second-order valence-electron chi connectivity index (χ2n) is 11.8. The van der Waals surface area contributed by atoms with Crippen molar-refractivity contribution in [2.45, 2.75) is 19.3 Å². The second kappa shape index (κ2) is 14.2. The molecule has 4 aromatic rings. The molecular formula is C34H41FN8O2. The van der Waals surface area contributed by atoms with E-state index in [4.69, 9.17) is 19.4 Å². The smallest absolute Gasteiger partial charge is 0.168 e. The Kier molecular flexibility index (Phi) is 9.66. The van der Waals surface area contributed by atoms with Crippen molar-refractivity contribution in [2.75, 3.05) is 82.3 Å². The molecule has 1 N–H and O–H groups in total. The van der Waals surface area contributed by atoms with Gasteiger partial charge >= 0.3 is 0 Å². The van der Waals surface area contributed by atoms with E-state index < -0.39 is 5.82 Å². The number of methoxy groups -OCH3 is 1. The number of halogens is 1. The van der Waals surface area contributed by atoms with Crippen LogP contribution in [0.15, 0.2) is 61.1 Å². The molecule has 0 atom stereocenters. The highest BCUT2D eigenvalue weighted by Gasteiger charge is 2.23. The fourth-order valence-corrected chi connectivity index (χ4v) is 6.00. The fourth-order valence-electron chi connectivity index (χ4n) is 6.00. The van der Waals surface area contributed by atoms with Gasteiger partial charge in [-0.05, 0) is 76.2 Å². The van der Waals surface area contributed by atoms with Crippen molar-refractivity contribution in [1.29, 1.82) is 0 Å². The Morgan fingerprint density at radius 3 is 2.51 bits per heavy atom. The van der Waals surface area contributed by atoms with Crippen LogP contribution in [0.4, 0.5) is 27.5 Å². The van der Waals surface area contributed by atoms with E-state index in [0.717, 1.165) is 87.3 Å². The number of piperidine rings is 1. The van der Waals surface area contributed by atoms with Gasteiger partial charge in [0.15, 0.2) is 5.82 Å². The zero-order valence-electron chi connectivity index (χ0n) is 26.2. The number of aromatic nitrogens is 4.